The highest BCUT2D eigenvalue weighted by Gasteiger charge is 2.10. The largest absolute Gasteiger partial charge is 0.354 e. The third kappa shape index (κ3) is 4.55. The Balaban J connectivity index is 2.10. The van der Waals surface area contributed by atoms with Crippen molar-refractivity contribution >= 4 is 17.3 Å². The molecular weight excluding hydrogens is 286 g/mol. The number of anilines is 2. The Morgan fingerprint density at radius 3 is 2.48 bits per heavy atom. The molecule has 0 saturated heterocycles. The Morgan fingerprint density at radius 2 is 1.87 bits per heavy atom. The van der Waals surface area contributed by atoms with Crippen LogP contribution < -0.4 is 10.6 Å². The smallest absolute Gasteiger partial charge is 0.270 e. The Bertz CT molecular complexity index is 650. The quantitative estimate of drug-likeness (QED) is 0.827. The van der Waals surface area contributed by atoms with Gasteiger partial charge in [0.1, 0.15) is 5.69 Å². The van der Waals surface area contributed by atoms with E-state index in [-0.39, 0.29) is 11.9 Å². The zero-order valence-electron chi connectivity index (χ0n) is 14.3. The highest BCUT2D eigenvalue weighted by Crippen LogP contribution is 2.26. The molecule has 4 nitrogen and oxygen atoms in total. The van der Waals surface area contributed by atoms with Crippen LogP contribution in [0.5, 0.6) is 0 Å². The molecule has 122 valence electrons. The van der Waals surface area contributed by atoms with Gasteiger partial charge in [0.25, 0.3) is 5.91 Å². The summed E-state index contributed by atoms with van der Waals surface area (Å²) in [5.74, 6) is 0.306. The predicted molar refractivity (Wildman–Crippen MR) is 95.3 cm³/mol. The van der Waals surface area contributed by atoms with Crippen LogP contribution in [0.3, 0.4) is 0 Å². The minimum Gasteiger partial charge on any atom is -0.354 e. The van der Waals surface area contributed by atoms with Crippen molar-refractivity contribution in [2.75, 3.05) is 5.32 Å². The lowest BCUT2D eigenvalue weighted by Crippen LogP contribution is -2.32. The summed E-state index contributed by atoms with van der Waals surface area (Å²) in [4.78, 5) is 16.3. The first-order valence-electron chi connectivity index (χ1n) is 8.14. The zero-order valence-corrected chi connectivity index (χ0v) is 14.3. The van der Waals surface area contributed by atoms with E-state index < -0.39 is 0 Å². The molecule has 0 aliphatic carbocycles. The molecule has 0 aliphatic heterocycles. The second-order valence-corrected chi connectivity index (χ2v) is 6.08. The molecule has 2 N–H and O–H groups in total. The first-order chi connectivity index (χ1) is 11.0. The summed E-state index contributed by atoms with van der Waals surface area (Å²) in [7, 11) is 0. The van der Waals surface area contributed by atoms with Gasteiger partial charge in [0.05, 0.1) is 11.9 Å². The van der Waals surface area contributed by atoms with Crippen LogP contribution in [0.2, 0.25) is 0 Å². The number of para-hydroxylation sites is 1. The van der Waals surface area contributed by atoms with E-state index in [0.717, 1.165) is 17.8 Å². The van der Waals surface area contributed by atoms with E-state index in [1.807, 2.05) is 32.0 Å². The number of benzene rings is 1. The standard InChI is InChI=1S/C19H25N3O/c1-5-14(4)21-19(23)18-11-10-15(12-20-18)22-17-9-7-6-8-16(17)13(2)3/h6-14,22H,5H2,1-4H3,(H,21,23). The van der Waals surface area contributed by atoms with Crippen molar-refractivity contribution in [1.82, 2.24) is 10.3 Å². The molecule has 1 unspecified atom stereocenters. The van der Waals surface area contributed by atoms with Gasteiger partial charge in [-0.3, -0.25) is 4.79 Å². The molecule has 0 spiro atoms. The average molecular weight is 311 g/mol. The van der Waals surface area contributed by atoms with Gasteiger partial charge in [0.15, 0.2) is 0 Å². The summed E-state index contributed by atoms with van der Waals surface area (Å²) in [6.07, 6.45) is 2.60. The minimum absolute atomic E-state index is 0.131. The molecule has 0 radical (unpaired) electrons. The van der Waals surface area contributed by atoms with Gasteiger partial charge < -0.3 is 10.6 Å². The molecular formula is C19H25N3O. The van der Waals surface area contributed by atoms with E-state index in [9.17, 15) is 4.79 Å². The van der Waals surface area contributed by atoms with Crippen LogP contribution in [-0.2, 0) is 0 Å². The van der Waals surface area contributed by atoms with Gasteiger partial charge in [-0.2, -0.15) is 0 Å². The third-order valence-corrected chi connectivity index (χ3v) is 3.85. The Morgan fingerprint density at radius 1 is 1.13 bits per heavy atom. The highest BCUT2D eigenvalue weighted by atomic mass is 16.1. The number of amides is 1. The molecule has 1 atom stereocenters. The van der Waals surface area contributed by atoms with Gasteiger partial charge in [-0.25, -0.2) is 4.98 Å². The molecule has 0 bridgehead atoms. The van der Waals surface area contributed by atoms with Gasteiger partial charge in [-0.05, 0) is 43.0 Å². The van der Waals surface area contributed by atoms with Crippen LogP contribution in [0.4, 0.5) is 11.4 Å². The third-order valence-electron chi connectivity index (χ3n) is 3.85. The number of carbonyl (C=O) groups excluding carboxylic acids is 1. The van der Waals surface area contributed by atoms with E-state index in [1.54, 1.807) is 12.3 Å². The molecule has 4 heteroatoms. The second kappa shape index (κ2) is 7.77. The minimum atomic E-state index is -0.131. The molecule has 0 saturated carbocycles. The maximum atomic E-state index is 12.0. The summed E-state index contributed by atoms with van der Waals surface area (Å²) in [5.41, 5.74) is 3.64. The number of rotatable bonds is 6. The van der Waals surface area contributed by atoms with E-state index >= 15 is 0 Å². The first-order valence-corrected chi connectivity index (χ1v) is 8.14. The van der Waals surface area contributed by atoms with Gasteiger partial charge >= 0.3 is 0 Å². The Kier molecular flexibility index (Phi) is 5.74. The van der Waals surface area contributed by atoms with Crippen molar-refractivity contribution in [2.45, 2.75) is 46.1 Å². The van der Waals surface area contributed by atoms with Crippen molar-refractivity contribution in [1.29, 1.82) is 0 Å². The Hall–Kier alpha value is -2.36. The number of nitrogens with one attached hydrogen (secondary N) is 2. The van der Waals surface area contributed by atoms with Crippen LogP contribution in [0.25, 0.3) is 0 Å². The van der Waals surface area contributed by atoms with Crippen LogP contribution >= 0.6 is 0 Å². The summed E-state index contributed by atoms with van der Waals surface area (Å²) < 4.78 is 0. The molecule has 0 aliphatic rings. The number of pyridine rings is 1. The van der Waals surface area contributed by atoms with Gasteiger partial charge in [0.2, 0.25) is 0 Å². The van der Waals surface area contributed by atoms with Gasteiger partial charge in [-0.1, -0.05) is 39.0 Å². The fourth-order valence-electron chi connectivity index (χ4n) is 2.27. The van der Waals surface area contributed by atoms with E-state index in [1.165, 1.54) is 5.56 Å². The molecule has 1 amide bonds. The summed E-state index contributed by atoms with van der Waals surface area (Å²) in [6.45, 7) is 8.36. The van der Waals surface area contributed by atoms with E-state index in [4.69, 9.17) is 0 Å². The monoisotopic (exact) mass is 311 g/mol. The van der Waals surface area contributed by atoms with Crippen molar-refractivity contribution in [3.05, 3.63) is 53.9 Å². The van der Waals surface area contributed by atoms with E-state index in [0.29, 0.717) is 11.6 Å². The van der Waals surface area contributed by atoms with Crippen LogP contribution in [0, 0.1) is 0 Å². The summed E-state index contributed by atoms with van der Waals surface area (Å²) >= 11 is 0. The highest BCUT2D eigenvalue weighted by molar-refractivity contribution is 5.92. The molecule has 1 heterocycles. The van der Waals surface area contributed by atoms with E-state index in [2.05, 4.69) is 41.6 Å². The lowest BCUT2D eigenvalue weighted by molar-refractivity contribution is 0.0934. The predicted octanol–water partition coefficient (Wildman–Crippen LogP) is 4.48. The zero-order chi connectivity index (χ0) is 16.8. The lowest BCUT2D eigenvalue weighted by atomic mass is 10.0. The second-order valence-electron chi connectivity index (χ2n) is 6.08. The fourth-order valence-corrected chi connectivity index (χ4v) is 2.27. The average Bonchev–Trinajstić information content (AvgIpc) is 2.55. The molecule has 1 aromatic carbocycles. The molecule has 2 aromatic rings. The topological polar surface area (TPSA) is 54.0 Å². The van der Waals surface area contributed by atoms with Crippen LogP contribution in [-0.4, -0.2) is 16.9 Å². The van der Waals surface area contributed by atoms with Crippen molar-refractivity contribution in [3.8, 4) is 0 Å². The maximum absolute atomic E-state index is 12.0. The lowest BCUT2D eigenvalue weighted by Gasteiger charge is -2.15. The van der Waals surface area contributed by atoms with Crippen molar-refractivity contribution in [3.63, 3.8) is 0 Å². The van der Waals surface area contributed by atoms with Crippen molar-refractivity contribution < 1.29 is 4.79 Å². The fraction of sp³-hybridized carbons (Fsp3) is 0.368. The number of carbonyl (C=O) groups is 1. The van der Waals surface area contributed by atoms with Crippen LogP contribution in [0.1, 0.15) is 56.1 Å². The molecule has 2 rings (SSSR count). The number of hydrogen-bond donors (Lipinski definition) is 2. The first kappa shape index (κ1) is 17.0. The normalized spacial score (nSPS) is 12.0. The number of hydrogen-bond acceptors (Lipinski definition) is 3. The van der Waals surface area contributed by atoms with Crippen molar-refractivity contribution in [2.24, 2.45) is 0 Å². The SMILES string of the molecule is CCC(C)NC(=O)c1ccc(Nc2ccccc2C(C)C)cn1. The molecule has 0 fully saturated rings. The van der Waals surface area contributed by atoms with Crippen LogP contribution in [0.15, 0.2) is 42.6 Å². The molecule has 23 heavy (non-hydrogen) atoms. The van der Waals surface area contributed by atoms with Gasteiger partial charge in [-0.15, -0.1) is 0 Å². The number of nitrogens with zero attached hydrogens (tertiary/aromatic N) is 1. The summed E-state index contributed by atoms with van der Waals surface area (Å²) in [6, 6.07) is 12.0. The Labute approximate surface area is 138 Å². The number of aromatic nitrogens is 1. The van der Waals surface area contributed by atoms with Gasteiger partial charge in [0, 0.05) is 11.7 Å². The molecule has 1 aromatic heterocycles. The summed E-state index contributed by atoms with van der Waals surface area (Å²) in [5, 5.41) is 6.29. The maximum Gasteiger partial charge on any atom is 0.270 e.